The van der Waals surface area contributed by atoms with Crippen LogP contribution in [0, 0.1) is 12.3 Å². The van der Waals surface area contributed by atoms with Crippen LogP contribution < -0.4 is 0 Å². The maximum absolute atomic E-state index is 12.9. The molecule has 2 aliphatic heterocycles. The second-order valence-corrected chi connectivity index (χ2v) is 9.83. The quantitative estimate of drug-likeness (QED) is 0.744. The van der Waals surface area contributed by atoms with Gasteiger partial charge in [0.25, 0.3) is 0 Å². The third-order valence-electron chi connectivity index (χ3n) is 5.88. The fourth-order valence-corrected chi connectivity index (χ4v) is 6.53. The Hall–Kier alpha value is -0.730. The SMILES string of the molecule is Cc1nc(Cl)ccc1S(=O)(=O)N1CC2(CCC(N3CCOCC3)C2)C1. The lowest BCUT2D eigenvalue weighted by Crippen LogP contribution is -2.57. The summed E-state index contributed by atoms with van der Waals surface area (Å²) in [5, 5.41) is 0.320. The van der Waals surface area contributed by atoms with Gasteiger partial charge in [0.15, 0.2) is 0 Å². The van der Waals surface area contributed by atoms with Crippen LogP contribution in [0.5, 0.6) is 0 Å². The van der Waals surface area contributed by atoms with Crippen molar-refractivity contribution in [3.8, 4) is 0 Å². The maximum Gasteiger partial charge on any atom is 0.244 e. The van der Waals surface area contributed by atoms with Crippen LogP contribution in [0.2, 0.25) is 5.15 Å². The van der Waals surface area contributed by atoms with Gasteiger partial charge < -0.3 is 4.74 Å². The highest BCUT2D eigenvalue weighted by Gasteiger charge is 2.53. The van der Waals surface area contributed by atoms with E-state index in [0.29, 0.717) is 30.0 Å². The third kappa shape index (κ3) is 3.21. The van der Waals surface area contributed by atoms with E-state index in [0.717, 1.165) is 45.6 Å². The molecule has 1 aromatic heterocycles. The number of hydrogen-bond acceptors (Lipinski definition) is 5. The van der Waals surface area contributed by atoms with Crippen molar-refractivity contribution in [1.29, 1.82) is 0 Å². The number of pyridine rings is 1. The monoisotopic (exact) mass is 385 g/mol. The van der Waals surface area contributed by atoms with Gasteiger partial charge in [-0.3, -0.25) is 4.90 Å². The number of morpholine rings is 1. The van der Waals surface area contributed by atoms with E-state index in [1.807, 2.05) is 0 Å². The van der Waals surface area contributed by atoms with E-state index in [9.17, 15) is 8.42 Å². The molecule has 0 aromatic carbocycles. The highest BCUT2D eigenvalue weighted by atomic mass is 35.5. The summed E-state index contributed by atoms with van der Waals surface area (Å²) >= 11 is 5.85. The number of sulfonamides is 1. The van der Waals surface area contributed by atoms with Gasteiger partial charge in [-0.1, -0.05) is 11.6 Å². The molecule has 1 aliphatic carbocycles. The fourth-order valence-electron chi connectivity index (χ4n) is 4.52. The van der Waals surface area contributed by atoms with Gasteiger partial charge in [-0.2, -0.15) is 4.31 Å². The zero-order valence-corrected chi connectivity index (χ0v) is 16.0. The molecule has 25 heavy (non-hydrogen) atoms. The Labute approximate surface area is 154 Å². The Balaban J connectivity index is 1.43. The molecule has 0 radical (unpaired) electrons. The Morgan fingerprint density at radius 2 is 2.00 bits per heavy atom. The lowest BCUT2D eigenvalue weighted by Gasteiger charge is -2.47. The summed E-state index contributed by atoms with van der Waals surface area (Å²) in [6.07, 6.45) is 3.37. The third-order valence-corrected chi connectivity index (χ3v) is 8.02. The smallest absolute Gasteiger partial charge is 0.244 e. The molecule has 8 heteroatoms. The molecular weight excluding hydrogens is 362 g/mol. The number of rotatable bonds is 3. The van der Waals surface area contributed by atoms with Gasteiger partial charge in [0.2, 0.25) is 10.0 Å². The van der Waals surface area contributed by atoms with Crippen molar-refractivity contribution in [3.05, 3.63) is 23.0 Å². The molecule has 4 rings (SSSR count). The zero-order chi connectivity index (χ0) is 17.7. The Morgan fingerprint density at radius 3 is 2.68 bits per heavy atom. The van der Waals surface area contributed by atoms with Crippen LogP contribution in [0.4, 0.5) is 0 Å². The molecule has 1 atom stereocenters. The lowest BCUT2D eigenvalue weighted by molar-refractivity contribution is 0.00815. The summed E-state index contributed by atoms with van der Waals surface area (Å²) in [4.78, 5) is 6.87. The van der Waals surface area contributed by atoms with Crippen LogP contribution in [0.3, 0.4) is 0 Å². The van der Waals surface area contributed by atoms with Gasteiger partial charge in [-0.05, 0) is 43.7 Å². The molecule has 1 aromatic rings. The molecule has 3 heterocycles. The average Bonchev–Trinajstić information content (AvgIpc) is 3.00. The van der Waals surface area contributed by atoms with E-state index in [-0.39, 0.29) is 10.3 Å². The van der Waals surface area contributed by atoms with Crippen LogP contribution in [-0.4, -0.2) is 68.0 Å². The van der Waals surface area contributed by atoms with Crippen molar-refractivity contribution in [2.75, 3.05) is 39.4 Å². The first kappa shape index (κ1) is 17.7. The van der Waals surface area contributed by atoms with Crippen LogP contribution in [0.1, 0.15) is 25.0 Å². The standard InChI is InChI=1S/C17H24ClN3O3S/c1-13-15(2-3-16(18)19-13)25(22,23)21-11-17(12-21)5-4-14(10-17)20-6-8-24-9-7-20/h2-3,14H,4-12H2,1H3. The van der Waals surface area contributed by atoms with Gasteiger partial charge in [0.05, 0.1) is 18.9 Å². The highest BCUT2D eigenvalue weighted by molar-refractivity contribution is 7.89. The summed E-state index contributed by atoms with van der Waals surface area (Å²) in [5.74, 6) is 0. The number of aryl methyl sites for hydroxylation is 1. The molecule has 3 fully saturated rings. The Kier molecular flexibility index (Phi) is 4.57. The summed E-state index contributed by atoms with van der Waals surface area (Å²) in [6.45, 7) is 6.56. The first-order valence-electron chi connectivity index (χ1n) is 8.85. The molecule has 1 unspecified atom stereocenters. The topological polar surface area (TPSA) is 62.7 Å². The number of nitrogens with zero attached hydrogens (tertiary/aromatic N) is 3. The van der Waals surface area contributed by atoms with Gasteiger partial charge in [-0.15, -0.1) is 0 Å². The van der Waals surface area contributed by atoms with Crippen LogP contribution in [-0.2, 0) is 14.8 Å². The Morgan fingerprint density at radius 1 is 1.28 bits per heavy atom. The summed E-state index contributed by atoms with van der Waals surface area (Å²) < 4.78 is 32.8. The number of aromatic nitrogens is 1. The maximum atomic E-state index is 12.9. The van der Waals surface area contributed by atoms with E-state index in [4.69, 9.17) is 16.3 Å². The summed E-state index contributed by atoms with van der Waals surface area (Å²) in [7, 11) is -3.48. The predicted molar refractivity (Wildman–Crippen MR) is 95.2 cm³/mol. The minimum atomic E-state index is -3.48. The summed E-state index contributed by atoms with van der Waals surface area (Å²) in [6, 6.07) is 3.68. The molecule has 6 nitrogen and oxygen atoms in total. The van der Waals surface area contributed by atoms with Crippen LogP contribution in [0.15, 0.2) is 17.0 Å². The normalized spacial score (nSPS) is 27.5. The van der Waals surface area contributed by atoms with Gasteiger partial charge in [0, 0.05) is 32.2 Å². The molecule has 0 bridgehead atoms. The average molecular weight is 386 g/mol. The first-order chi connectivity index (χ1) is 11.9. The minimum Gasteiger partial charge on any atom is -0.379 e. The van der Waals surface area contributed by atoms with Gasteiger partial charge >= 0.3 is 0 Å². The Bertz CT molecular complexity index is 758. The van der Waals surface area contributed by atoms with E-state index in [2.05, 4.69) is 9.88 Å². The molecule has 2 saturated heterocycles. The lowest BCUT2D eigenvalue weighted by atomic mass is 9.80. The summed E-state index contributed by atoms with van der Waals surface area (Å²) in [5.41, 5.74) is 0.620. The molecule has 1 spiro atoms. The molecule has 0 N–H and O–H groups in total. The molecule has 138 valence electrons. The number of ether oxygens (including phenoxy) is 1. The largest absolute Gasteiger partial charge is 0.379 e. The van der Waals surface area contributed by atoms with Crippen LogP contribution in [0.25, 0.3) is 0 Å². The van der Waals surface area contributed by atoms with Gasteiger partial charge in [-0.25, -0.2) is 13.4 Å². The first-order valence-corrected chi connectivity index (χ1v) is 10.7. The highest BCUT2D eigenvalue weighted by Crippen LogP contribution is 2.48. The van der Waals surface area contributed by atoms with Crippen LogP contribution >= 0.6 is 11.6 Å². The second-order valence-electron chi connectivity index (χ2n) is 7.54. The fraction of sp³-hybridized carbons (Fsp3) is 0.706. The van der Waals surface area contributed by atoms with E-state index in [1.54, 1.807) is 23.4 Å². The van der Waals surface area contributed by atoms with Crippen molar-refractivity contribution in [1.82, 2.24) is 14.2 Å². The molecule has 1 saturated carbocycles. The van der Waals surface area contributed by atoms with E-state index < -0.39 is 10.0 Å². The number of hydrogen-bond donors (Lipinski definition) is 0. The van der Waals surface area contributed by atoms with Gasteiger partial charge in [0.1, 0.15) is 10.0 Å². The zero-order valence-electron chi connectivity index (χ0n) is 14.4. The van der Waals surface area contributed by atoms with E-state index >= 15 is 0 Å². The van der Waals surface area contributed by atoms with E-state index in [1.165, 1.54) is 0 Å². The molecule has 0 amide bonds. The second kappa shape index (κ2) is 6.46. The molecule has 3 aliphatic rings. The minimum absolute atomic E-state index is 0.157. The number of halogens is 1. The van der Waals surface area contributed by atoms with Crippen molar-refractivity contribution in [2.24, 2.45) is 5.41 Å². The predicted octanol–water partition coefficient (Wildman–Crippen LogP) is 1.92. The van der Waals surface area contributed by atoms with Crippen molar-refractivity contribution < 1.29 is 13.2 Å². The van der Waals surface area contributed by atoms with Crippen molar-refractivity contribution in [3.63, 3.8) is 0 Å². The van der Waals surface area contributed by atoms with Crippen molar-refractivity contribution >= 4 is 21.6 Å². The molecular formula is C17H24ClN3O3S. The van der Waals surface area contributed by atoms with Crippen molar-refractivity contribution in [2.45, 2.75) is 37.1 Å².